The first-order valence-electron chi connectivity index (χ1n) is 9.96. The summed E-state index contributed by atoms with van der Waals surface area (Å²) in [7, 11) is -0.660. The van der Waals surface area contributed by atoms with E-state index >= 15 is 0 Å². The molecule has 1 N–H and O–H groups in total. The molecule has 0 radical (unpaired) electrons. The van der Waals surface area contributed by atoms with Crippen molar-refractivity contribution in [1.29, 1.82) is 0 Å². The molecule has 0 aliphatic carbocycles. The molecule has 3 aromatic rings. The van der Waals surface area contributed by atoms with E-state index in [-0.39, 0.29) is 16.7 Å². The predicted molar refractivity (Wildman–Crippen MR) is 121 cm³/mol. The standard InChI is InChI=1S/C23H22N4O4S/c1-26(2)32(30,31)20-7-4-17(5-8-20)22(28)25-19-6-3-16-11-14-27(21(16)15-19)23(29)18-9-12-24-13-10-18/h3-10,12-13,15H,11,14H2,1-2H3,(H,25,28). The second-order valence-electron chi connectivity index (χ2n) is 7.55. The topological polar surface area (TPSA) is 99.7 Å². The van der Waals surface area contributed by atoms with Crippen LogP contribution in [0.1, 0.15) is 26.3 Å². The number of hydrogen-bond acceptors (Lipinski definition) is 5. The van der Waals surface area contributed by atoms with Crippen LogP contribution in [0, 0.1) is 0 Å². The number of rotatable bonds is 5. The maximum atomic E-state index is 12.9. The first-order valence-corrected chi connectivity index (χ1v) is 11.4. The number of carbonyl (C=O) groups excluding carboxylic acids is 2. The average Bonchev–Trinajstić information content (AvgIpc) is 3.22. The van der Waals surface area contributed by atoms with Crippen molar-refractivity contribution in [2.24, 2.45) is 0 Å². The summed E-state index contributed by atoms with van der Waals surface area (Å²) < 4.78 is 25.5. The Labute approximate surface area is 186 Å². The number of pyridine rings is 1. The summed E-state index contributed by atoms with van der Waals surface area (Å²) in [6.07, 6.45) is 3.90. The molecule has 1 aliphatic heterocycles. The van der Waals surface area contributed by atoms with E-state index in [0.717, 1.165) is 22.0 Å². The molecule has 0 unspecified atom stereocenters. The highest BCUT2D eigenvalue weighted by Crippen LogP contribution is 2.32. The third-order valence-corrected chi connectivity index (χ3v) is 7.14. The molecular weight excluding hydrogens is 428 g/mol. The second kappa shape index (κ2) is 8.52. The van der Waals surface area contributed by atoms with Crippen LogP contribution in [0.25, 0.3) is 0 Å². The lowest BCUT2D eigenvalue weighted by molar-refractivity contribution is 0.0988. The molecule has 2 heterocycles. The molecule has 9 heteroatoms. The minimum absolute atomic E-state index is 0.113. The fourth-order valence-corrected chi connectivity index (χ4v) is 4.41. The van der Waals surface area contributed by atoms with E-state index in [1.54, 1.807) is 41.6 Å². The minimum Gasteiger partial charge on any atom is -0.322 e. The maximum Gasteiger partial charge on any atom is 0.258 e. The Kier molecular flexibility index (Phi) is 5.77. The van der Waals surface area contributed by atoms with Gasteiger partial charge < -0.3 is 10.2 Å². The number of aromatic nitrogens is 1. The van der Waals surface area contributed by atoms with Crippen LogP contribution in [0.4, 0.5) is 11.4 Å². The molecular formula is C23H22N4O4S. The van der Waals surface area contributed by atoms with Gasteiger partial charge in [-0.05, 0) is 60.5 Å². The van der Waals surface area contributed by atoms with Gasteiger partial charge in [-0.1, -0.05) is 6.07 Å². The van der Waals surface area contributed by atoms with Crippen LogP contribution in [0.15, 0.2) is 71.9 Å². The molecule has 0 atom stereocenters. The van der Waals surface area contributed by atoms with Crippen LogP contribution in [0.5, 0.6) is 0 Å². The van der Waals surface area contributed by atoms with Crippen LogP contribution in [0.2, 0.25) is 0 Å². The number of fused-ring (bicyclic) bond motifs is 1. The number of nitrogens with zero attached hydrogens (tertiary/aromatic N) is 3. The van der Waals surface area contributed by atoms with E-state index in [9.17, 15) is 18.0 Å². The molecule has 2 amide bonds. The van der Waals surface area contributed by atoms with Crippen LogP contribution in [0.3, 0.4) is 0 Å². The van der Waals surface area contributed by atoms with Crippen LogP contribution < -0.4 is 10.2 Å². The number of hydrogen-bond donors (Lipinski definition) is 1. The van der Waals surface area contributed by atoms with Crippen molar-refractivity contribution in [3.63, 3.8) is 0 Å². The maximum absolute atomic E-state index is 12.9. The fraction of sp³-hybridized carbons (Fsp3) is 0.174. The van der Waals surface area contributed by atoms with E-state index in [4.69, 9.17) is 0 Å². The fourth-order valence-electron chi connectivity index (χ4n) is 3.51. The summed E-state index contributed by atoms with van der Waals surface area (Å²) in [5, 5.41) is 2.82. The van der Waals surface area contributed by atoms with E-state index in [0.29, 0.717) is 23.4 Å². The summed E-state index contributed by atoms with van der Waals surface area (Å²) in [6.45, 7) is 0.565. The number of benzene rings is 2. The van der Waals surface area contributed by atoms with Gasteiger partial charge in [0.2, 0.25) is 10.0 Å². The molecule has 0 bridgehead atoms. The van der Waals surface area contributed by atoms with Crippen LogP contribution in [-0.4, -0.2) is 50.2 Å². The molecule has 0 saturated heterocycles. The number of sulfonamides is 1. The molecule has 164 valence electrons. The zero-order chi connectivity index (χ0) is 22.9. The minimum atomic E-state index is -3.56. The highest BCUT2D eigenvalue weighted by Gasteiger charge is 2.26. The Balaban J connectivity index is 1.53. The van der Waals surface area contributed by atoms with Gasteiger partial charge >= 0.3 is 0 Å². The smallest absolute Gasteiger partial charge is 0.258 e. The van der Waals surface area contributed by atoms with Gasteiger partial charge in [0.25, 0.3) is 11.8 Å². The predicted octanol–water partition coefficient (Wildman–Crippen LogP) is 2.79. The van der Waals surface area contributed by atoms with Gasteiger partial charge in [0.1, 0.15) is 0 Å². The van der Waals surface area contributed by atoms with Crippen molar-refractivity contribution in [3.05, 3.63) is 83.7 Å². The normalized spacial score (nSPS) is 13.2. The van der Waals surface area contributed by atoms with Gasteiger partial charge in [-0.25, -0.2) is 12.7 Å². The van der Waals surface area contributed by atoms with Crippen LogP contribution >= 0.6 is 0 Å². The Morgan fingerprint density at radius 3 is 2.31 bits per heavy atom. The third-order valence-electron chi connectivity index (χ3n) is 5.31. The van der Waals surface area contributed by atoms with Crippen molar-refractivity contribution in [1.82, 2.24) is 9.29 Å². The first kappa shape index (κ1) is 21.7. The number of nitrogens with one attached hydrogen (secondary N) is 1. The van der Waals surface area contributed by atoms with Gasteiger partial charge in [0.05, 0.1) is 4.90 Å². The molecule has 8 nitrogen and oxygen atoms in total. The van der Waals surface area contributed by atoms with E-state index in [1.807, 2.05) is 6.07 Å². The summed E-state index contributed by atoms with van der Waals surface area (Å²) in [6, 6.07) is 14.6. The van der Waals surface area contributed by atoms with Gasteiger partial charge in [-0.2, -0.15) is 0 Å². The Hall–Kier alpha value is -3.56. The zero-order valence-electron chi connectivity index (χ0n) is 17.6. The van der Waals surface area contributed by atoms with Gasteiger partial charge in [-0.15, -0.1) is 0 Å². The first-order chi connectivity index (χ1) is 15.3. The largest absolute Gasteiger partial charge is 0.322 e. The Morgan fingerprint density at radius 2 is 1.66 bits per heavy atom. The van der Waals surface area contributed by atoms with Crippen molar-refractivity contribution < 1.29 is 18.0 Å². The lowest BCUT2D eigenvalue weighted by atomic mass is 10.1. The average molecular weight is 451 g/mol. The zero-order valence-corrected chi connectivity index (χ0v) is 18.5. The van der Waals surface area contributed by atoms with Crippen molar-refractivity contribution in [3.8, 4) is 0 Å². The second-order valence-corrected chi connectivity index (χ2v) is 9.70. The van der Waals surface area contributed by atoms with Crippen molar-refractivity contribution >= 4 is 33.2 Å². The van der Waals surface area contributed by atoms with Crippen molar-refractivity contribution in [2.75, 3.05) is 30.9 Å². The molecule has 0 saturated carbocycles. The third kappa shape index (κ3) is 4.12. The number of carbonyl (C=O) groups is 2. The van der Waals surface area contributed by atoms with Gasteiger partial charge in [-0.3, -0.25) is 14.6 Å². The quantitative estimate of drug-likeness (QED) is 0.644. The molecule has 0 spiro atoms. The highest BCUT2D eigenvalue weighted by molar-refractivity contribution is 7.89. The number of amides is 2. The highest BCUT2D eigenvalue weighted by atomic mass is 32.2. The summed E-state index contributed by atoms with van der Waals surface area (Å²) >= 11 is 0. The Morgan fingerprint density at radius 1 is 0.969 bits per heavy atom. The molecule has 0 fully saturated rings. The van der Waals surface area contributed by atoms with Crippen molar-refractivity contribution in [2.45, 2.75) is 11.3 Å². The van der Waals surface area contributed by atoms with Gasteiger partial charge in [0, 0.05) is 55.5 Å². The van der Waals surface area contributed by atoms with E-state index in [1.165, 1.54) is 38.4 Å². The molecule has 4 rings (SSSR count). The monoisotopic (exact) mass is 450 g/mol. The lowest BCUT2D eigenvalue weighted by Gasteiger charge is -2.18. The molecule has 32 heavy (non-hydrogen) atoms. The molecule has 1 aromatic heterocycles. The van der Waals surface area contributed by atoms with Crippen LogP contribution in [-0.2, 0) is 16.4 Å². The van der Waals surface area contributed by atoms with Gasteiger partial charge in [0.15, 0.2) is 0 Å². The Bertz CT molecular complexity index is 1270. The summed E-state index contributed by atoms with van der Waals surface area (Å²) in [5.74, 6) is -0.490. The van der Waals surface area contributed by atoms with E-state index in [2.05, 4.69) is 10.3 Å². The lowest BCUT2D eigenvalue weighted by Crippen LogP contribution is -2.28. The molecule has 2 aromatic carbocycles. The van der Waals surface area contributed by atoms with E-state index < -0.39 is 10.0 Å². The number of anilines is 2. The summed E-state index contributed by atoms with van der Waals surface area (Å²) in [4.78, 5) is 31.3. The molecule has 1 aliphatic rings. The SMILES string of the molecule is CN(C)S(=O)(=O)c1ccc(C(=O)Nc2ccc3c(c2)N(C(=O)c2ccncc2)CC3)cc1. The summed E-state index contributed by atoms with van der Waals surface area (Å²) in [5.41, 5.74) is 3.22.